The number of hydrogen-bond donors (Lipinski definition) is 0. The van der Waals surface area contributed by atoms with Crippen molar-refractivity contribution in [3.05, 3.63) is 45.9 Å². The van der Waals surface area contributed by atoms with Gasteiger partial charge in [-0.15, -0.1) is 12.4 Å². The van der Waals surface area contributed by atoms with E-state index in [-0.39, 0.29) is 18.3 Å². The standard InChI is InChI=1S/C21H26ClN3O2S.ClH/c1-6-24(7-2)10-11-25(20(26)16-12-13(3)27-15(16)5)21-23-19-14(4)17(22)8-9-18(19)28-21;/h8-9,12H,6-7,10-11H2,1-5H3;1H. The number of hydrogen-bond acceptors (Lipinski definition) is 5. The number of benzene rings is 1. The molecule has 0 aliphatic heterocycles. The monoisotopic (exact) mass is 455 g/mol. The molecule has 0 saturated heterocycles. The summed E-state index contributed by atoms with van der Waals surface area (Å²) in [6.07, 6.45) is 0. The van der Waals surface area contributed by atoms with Crippen molar-refractivity contribution in [2.24, 2.45) is 0 Å². The number of likely N-dealkylation sites (N-methyl/N-ethyl adjacent to an activating group) is 1. The number of fused-ring (bicyclic) bond motifs is 1. The molecule has 0 radical (unpaired) electrons. The summed E-state index contributed by atoms with van der Waals surface area (Å²) in [6.45, 7) is 13.1. The summed E-state index contributed by atoms with van der Waals surface area (Å²) in [5.74, 6) is 1.29. The van der Waals surface area contributed by atoms with Gasteiger partial charge in [-0.05, 0) is 57.6 Å². The Morgan fingerprint density at radius 2 is 1.86 bits per heavy atom. The Balaban J connectivity index is 0.00000300. The van der Waals surface area contributed by atoms with Gasteiger partial charge in [0.2, 0.25) is 0 Å². The van der Waals surface area contributed by atoms with E-state index < -0.39 is 0 Å². The molecular formula is C21H27Cl2N3O2S. The van der Waals surface area contributed by atoms with E-state index in [0.717, 1.165) is 41.2 Å². The molecule has 158 valence electrons. The van der Waals surface area contributed by atoms with E-state index in [1.54, 1.807) is 11.0 Å². The van der Waals surface area contributed by atoms with Crippen LogP contribution in [-0.2, 0) is 0 Å². The highest BCUT2D eigenvalue weighted by atomic mass is 35.5. The van der Waals surface area contributed by atoms with Crippen molar-refractivity contribution in [2.75, 3.05) is 31.1 Å². The first-order chi connectivity index (χ1) is 13.3. The van der Waals surface area contributed by atoms with E-state index in [0.29, 0.717) is 28.0 Å². The number of amides is 1. The first-order valence-electron chi connectivity index (χ1n) is 9.52. The van der Waals surface area contributed by atoms with Crippen LogP contribution in [0.25, 0.3) is 10.2 Å². The molecule has 29 heavy (non-hydrogen) atoms. The van der Waals surface area contributed by atoms with Crippen LogP contribution in [0.15, 0.2) is 22.6 Å². The average Bonchev–Trinajstić information content (AvgIpc) is 3.24. The molecule has 0 spiro atoms. The van der Waals surface area contributed by atoms with Crippen molar-refractivity contribution < 1.29 is 9.21 Å². The van der Waals surface area contributed by atoms with Gasteiger partial charge in [-0.2, -0.15) is 0 Å². The van der Waals surface area contributed by atoms with Crippen LogP contribution in [0, 0.1) is 20.8 Å². The SMILES string of the molecule is CCN(CC)CCN(C(=O)c1cc(C)oc1C)c1nc2c(C)c(Cl)ccc2s1.Cl. The third kappa shape index (κ3) is 4.94. The molecule has 8 heteroatoms. The number of furan rings is 1. The number of rotatable bonds is 7. The van der Waals surface area contributed by atoms with Gasteiger partial charge in [0.1, 0.15) is 11.5 Å². The Hall–Kier alpha value is -1.60. The molecule has 2 aromatic heterocycles. The summed E-state index contributed by atoms with van der Waals surface area (Å²) in [5.41, 5.74) is 2.38. The summed E-state index contributed by atoms with van der Waals surface area (Å²) in [6, 6.07) is 5.65. The molecule has 0 atom stereocenters. The summed E-state index contributed by atoms with van der Waals surface area (Å²) >= 11 is 7.78. The van der Waals surface area contributed by atoms with E-state index in [2.05, 4.69) is 18.7 Å². The lowest BCUT2D eigenvalue weighted by Gasteiger charge is -2.24. The van der Waals surface area contributed by atoms with Crippen molar-refractivity contribution in [1.82, 2.24) is 9.88 Å². The Labute approximate surface area is 187 Å². The number of thiazole rings is 1. The van der Waals surface area contributed by atoms with Crippen LogP contribution in [0.2, 0.25) is 5.02 Å². The first-order valence-corrected chi connectivity index (χ1v) is 10.7. The molecular weight excluding hydrogens is 429 g/mol. The predicted octanol–water partition coefficient (Wildman–Crippen LogP) is 5.88. The summed E-state index contributed by atoms with van der Waals surface area (Å²) < 4.78 is 6.62. The number of halogens is 2. The highest BCUT2D eigenvalue weighted by molar-refractivity contribution is 7.22. The van der Waals surface area contributed by atoms with Crippen LogP contribution in [0.3, 0.4) is 0 Å². The molecule has 1 aromatic carbocycles. The van der Waals surface area contributed by atoms with Crippen molar-refractivity contribution in [3.63, 3.8) is 0 Å². The fourth-order valence-corrected chi connectivity index (χ4v) is 4.46. The van der Waals surface area contributed by atoms with E-state index >= 15 is 0 Å². The highest BCUT2D eigenvalue weighted by Crippen LogP contribution is 2.34. The summed E-state index contributed by atoms with van der Waals surface area (Å²) in [5, 5.41) is 1.38. The highest BCUT2D eigenvalue weighted by Gasteiger charge is 2.25. The van der Waals surface area contributed by atoms with Gasteiger partial charge in [0.15, 0.2) is 5.13 Å². The Morgan fingerprint density at radius 3 is 2.45 bits per heavy atom. The molecule has 0 unspecified atom stereocenters. The van der Waals surface area contributed by atoms with Crippen LogP contribution in [-0.4, -0.2) is 42.0 Å². The molecule has 0 saturated carbocycles. The molecule has 1 amide bonds. The first kappa shape index (κ1) is 23.7. The minimum Gasteiger partial charge on any atom is -0.466 e. The molecule has 2 heterocycles. The Kier molecular flexibility index (Phi) is 8.11. The molecule has 3 aromatic rings. The predicted molar refractivity (Wildman–Crippen MR) is 124 cm³/mol. The van der Waals surface area contributed by atoms with Crippen LogP contribution >= 0.6 is 35.3 Å². The van der Waals surface area contributed by atoms with Gasteiger partial charge >= 0.3 is 0 Å². The number of aromatic nitrogens is 1. The lowest BCUT2D eigenvalue weighted by molar-refractivity contribution is 0.0982. The van der Waals surface area contributed by atoms with Crippen molar-refractivity contribution >= 4 is 56.6 Å². The van der Waals surface area contributed by atoms with E-state index in [4.69, 9.17) is 21.0 Å². The van der Waals surface area contributed by atoms with E-state index in [9.17, 15) is 4.79 Å². The number of anilines is 1. The van der Waals surface area contributed by atoms with Gasteiger partial charge in [0.05, 0.1) is 15.8 Å². The van der Waals surface area contributed by atoms with Gasteiger partial charge in [-0.1, -0.05) is 36.8 Å². The maximum absolute atomic E-state index is 13.4. The molecule has 5 nitrogen and oxygen atoms in total. The Bertz CT molecular complexity index is 995. The van der Waals surface area contributed by atoms with Crippen LogP contribution in [0.1, 0.15) is 41.3 Å². The van der Waals surface area contributed by atoms with Gasteiger partial charge in [0, 0.05) is 18.1 Å². The third-order valence-corrected chi connectivity index (χ3v) is 6.47. The fraction of sp³-hybridized carbons (Fsp3) is 0.429. The molecule has 0 N–H and O–H groups in total. The number of aryl methyl sites for hydroxylation is 3. The lowest BCUT2D eigenvalue weighted by Crippen LogP contribution is -2.39. The minimum absolute atomic E-state index is 0. The van der Waals surface area contributed by atoms with Crippen LogP contribution < -0.4 is 4.90 Å². The topological polar surface area (TPSA) is 49.6 Å². The van der Waals surface area contributed by atoms with Crippen molar-refractivity contribution in [2.45, 2.75) is 34.6 Å². The van der Waals surface area contributed by atoms with E-state index in [1.807, 2.05) is 32.9 Å². The molecule has 0 aliphatic carbocycles. The number of carbonyl (C=O) groups excluding carboxylic acids is 1. The van der Waals surface area contributed by atoms with Crippen molar-refractivity contribution in [1.29, 1.82) is 0 Å². The minimum atomic E-state index is -0.0793. The zero-order valence-corrected chi connectivity index (χ0v) is 19.8. The lowest BCUT2D eigenvalue weighted by atomic mass is 10.2. The number of nitrogens with zero attached hydrogens (tertiary/aromatic N) is 3. The summed E-state index contributed by atoms with van der Waals surface area (Å²) in [7, 11) is 0. The second-order valence-corrected chi connectivity index (χ2v) is 8.24. The zero-order chi connectivity index (χ0) is 20.4. The van der Waals surface area contributed by atoms with Crippen LogP contribution in [0.5, 0.6) is 0 Å². The van der Waals surface area contributed by atoms with Crippen molar-refractivity contribution in [3.8, 4) is 0 Å². The second kappa shape index (κ2) is 9.94. The van der Waals surface area contributed by atoms with Gasteiger partial charge in [-0.3, -0.25) is 9.69 Å². The average molecular weight is 456 g/mol. The van der Waals surface area contributed by atoms with Gasteiger partial charge < -0.3 is 9.32 Å². The fourth-order valence-electron chi connectivity index (χ4n) is 3.26. The maximum Gasteiger partial charge on any atom is 0.263 e. The largest absolute Gasteiger partial charge is 0.466 e. The summed E-state index contributed by atoms with van der Waals surface area (Å²) in [4.78, 5) is 22.2. The third-order valence-electron chi connectivity index (χ3n) is 5.02. The smallest absolute Gasteiger partial charge is 0.263 e. The normalized spacial score (nSPS) is 11.1. The van der Waals surface area contributed by atoms with Gasteiger partial charge in [0.25, 0.3) is 5.91 Å². The van der Waals surface area contributed by atoms with Crippen LogP contribution in [0.4, 0.5) is 5.13 Å². The second-order valence-electron chi connectivity index (χ2n) is 6.83. The van der Waals surface area contributed by atoms with Gasteiger partial charge in [-0.25, -0.2) is 4.98 Å². The van der Waals surface area contributed by atoms with E-state index in [1.165, 1.54) is 11.3 Å². The molecule has 3 rings (SSSR count). The Morgan fingerprint density at radius 1 is 1.17 bits per heavy atom. The molecule has 0 bridgehead atoms. The zero-order valence-electron chi connectivity index (χ0n) is 17.4. The quantitative estimate of drug-likeness (QED) is 0.446. The maximum atomic E-state index is 13.4. The molecule has 0 aliphatic rings. The number of carbonyl (C=O) groups is 1. The molecule has 0 fully saturated rings.